The first-order valence-electron chi connectivity index (χ1n) is 6.13. The molecule has 0 radical (unpaired) electrons. The minimum Gasteiger partial charge on any atom is -0.494 e. The number of para-hydroxylation sites is 1. The Morgan fingerprint density at radius 1 is 1.33 bits per heavy atom. The minimum absolute atomic E-state index is 0.181. The monoisotopic (exact) mass is 251 g/mol. The molecule has 0 saturated carbocycles. The van der Waals surface area contributed by atoms with E-state index in [-0.39, 0.29) is 5.97 Å². The van der Waals surface area contributed by atoms with Gasteiger partial charge in [0.25, 0.3) is 0 Å². The van der Waals surface area contributed by atoms with E-state index in [4.69, 9.17) is 4.74 Å². The van der Waals surface area contributed by atoms with Gasteiger partial charge in [0, 0.05) is 18.7 Å². The molecule has 100 valence electrons. The molecule has 0 spiro atoms. The number of hydrogen-bond donors (Lipinski definition) is 0. The first-order chi connectivity index (χ1) is 8.67. The Bertz CT molecular complexity index is 379. The Balaban J connectivity index is 2.53. The van der Waals surface area contributed by atoms with E-state index in [0.717, 1.165) is 17.9 Å². The fourth-order valence-corrected chi connectivity index (χ4v) is 1.68. The van der Waals surface area contributed by atoms with Crippen molar-refractivity contribution in [3.05, 3.63) is 29.8 Å². The summed E-state index contributed by atoms with van der Waals surface area (Å²) in [7, 11) is 3.39. The van der Waals surface area contributed by atoms with E-state index in [9.17, 15) is 4.79 Å². The first kappa shape index (κ1) is 14.5. The molecular weight excluding hydrogens is 230 g/mol. The summed E-state index contributed by atoms with van der Waals surface area (Å²) >= 11 is 0. The van der Waals surface area contributed by atoms with Crippen LogP contribution in [0.25, 0.3) is 0 Å². The standard InChI is InChI=1S/C14H21NO3/c1-4-18-13-8-6-5-7-12(13)11-15(2)10-9-14(16)17-3/h5-8H,4,9-11H2,1-3H3. The summed E-state index contributed by atoms with van der Waals surface area (Å²) < 4.78 is 10.2. The topological polar surface area (TPSA) is 38.8 Å². The Morgan fingerprint density at radius 3 is 2.72 bits per heavy atom. The molecule has 0 amide bonds. The van der Waals surface area contributed by atoms with Crippen LogP contribution in [0.1, 0.15) is 18.9 Å². The highest BCUT2D eigenvalue weighted by atomic mass is 16.5. The van der Waals surface area contributed by atoms with Crippen LogP contribution >= 0.6 is 0 Å². The van der Waals surface area contributed by atoms with Gasteiger partial charge in [-0.15, -0.1) is 0 Å². The third kappa shape index (κ3) is 4.75. The van der Waals surface area contributed by atoms with Crippen molar-refractivity contribution in [2.45, 2.75) is 19.9 Å². The van der Waals surface area contributed by atoms with Crippen molar-refractivity contribution in [3.8, 4) is 5.75 Å². The zero-order chi connectivity index (χ0) is 13.4. The average molecular weight is 251 g/mol. The maximum absolute atomic E-state index is 11.1. The molecule has 4 heteroatoms. The van der Waals surface area contributed by atoms with Crippen molar-refractivity contribution < 1.29 is 14.3 Å². The lowest BCUT2D eigenvalue weighted by Crippen LogP contribution is -2.22. The number of rotatable bonds is 7. The largest absolute Gasteiger partial charge is 0.494 e. The fourth-order valence-electron chi connectivity index (χ4n) is 1.68. The predicted octanol–water partition coefficient (Wildman–Crippen LogP) is 2.08. The van der Waals surface area contributed by atoms with Crippen LogP contribution in [0.2, 0.25) is 0 Å². The highest BCUT2D eigenvalue weighted by Crippen LogP contribution is 2.19. The molecule has 0 atom stereocenters. The second-order valence-electron chi connectivity index (χ2n) is 4.10. The summed E-state index contributed by atoms with van der Waals surface area (Å²) in [6, 6.07) is 7.96. The molecule has 0 N–H and O–H groups in total. The normalized spacial score (nSPS) is 10.4. The molecule has 0 bridgehead atoms. The van der Waals surface area contributed by atoms with Gasteiger partial charge in [0.2, 0.25) is 0 Å². The molecule has 1 aromatic carbocycles. The zero-order valence-corrected chi connectivity index (χ0v) is 11.3. The summed E-state index contributed by atoms with van der Waals surface area (Å²) in [6.45, 7) is 4.06. The fraction of sp³-hybridized carbons (Fsp3) is 0.500. The number of benzene rings is 1. The maximum atomic E-state index is 11.1. The van der Waals surface area contributed by atoms with Crippen LogP contribution < -0.4 is 4.74 Å². The van der Waals surface area contributed by atoms with E-state index >= 15 is 0 Å². The van der Waals surface area contributed by atoms with Gasteiger partial charge in [-0.2, -0.15) is 0 Å². The molecule has 0 aliphatic heterocycles. The van der Waals surface area contributed by atoms with Gasteiger partial charge in [-0.25, -0.2) is 0 Å². The lowest BCUT2D eigenvalue weighted by Gasteiger charge is -2.18. The number of ether oxygens (including phenoxy) is 2. The number of nitrogens with zero attached hydrogens (tertiary/aromatic N) is 1. The van der Waals surface area contributed by atoms with Crippen molar-refractivity contribution in [2.24, 2.45) is 0 Å². The summed E-state index contributed by atoms with van der Waals surface area (Å²) in [4.78, 5) is 13.1. The number of esters is 1. The summed E-state index contributed by atoms with van der Waals surface area (Å²) in [5, 5.41) is 0. The Hall–Kier alpha value is -1.55. The summed E-state index contributed by atoms with van der Waals surface area (Å²) in [5.74, 6) is 0.727. The van der Waals surface area contributed by atoms with Gasteiger partial charge in [-0.05, 0) is 20.0 Å². The van der Waals surface area contributed by atoms with Crippen molar-refractivity contribution >= 4 is 5.97 Å². The number of carbonyl (C=O) groups excluding carboxylic acids is 1. The van der Waals surface area contributed by atoms with Gasteiger partial charge in [0.1, 0.15) is 5.75 Å². The van der Waals surface area contributed by atoms with Crippen LogP contribution in [-0.2, 0) is 16.1 Å². The smallest absolute Gasteiger partial charge is 0.306 e. The summed E-state index contributed by atoms with van der Waals surface area (Å²) in [5.41, 5.74) is 1.13. The second-order valence-corrected chi connectivity index (χ2v) is 4.10. The molecule has 0 heterocycles. The SMILES string of the molecule is CCOc1ccccc1CN(C)CCC(=O)OC. The molecule has 0 aliphatic rings. The van der Waals surface area contributed by atoms with Crippen LogP contribution in [0.4, 0.5) is 0 Å². The molecule has 0 fully saturated rings. The van der Waals surface area contributed by atoms with Crippen LogP contribution in [0.3, 0.4) is 0 Å². The average Bonchev–Trinajstić information content (AvgIpc) is 2.38. The summed E-state index contributed by atoms with van der Waals surface area (Å²) in [6.07, 6.45) is 0.407. The molecule has 18 heavy (non-hydrogen) atoms. The highest BCUT2D eigenvalue weighted by molar-refractivity contribution is 5.69. The van der Waals surface area contributed by atoms with Crippen molar-refractivity contribution in [1.82, 2.24) is 4.90 Å². The van der Waals surface area contributed by atoms with Crippen molar-refractivity contribution in [2.75, 3.05) is 27.3 Å². The van der Waals surface area contributed by atoms with E-state index in [1.165, 1.54) is 7.11 Å². The first-order valence-corrected chi connectivity index (χ1v) is 6.13. The third-order valence-electron chi connectivity index (χ3n) is 2.64. The van der Waals surface area contributed by atoms with Crippen molar-refractivity contribution in [1.29, 1.82) is 0 Å². The molecule has 1 aromatic rings. The van der Waals surface area contributed by atoms with Gasteiger partial charge in [0.15, 0.2) is 0 Å². The third-order valence-corrected chi connectivity index (χ3v) is 2.64. The van der Waals surface area contributed by atoms with E-state index in [0.29, 0.717) is 19.6 Å². The van der Waals surface area contributed by atoms with Crippen LogP contribution in [0, 0.1) is 0 Å². The lowest BCUT2D eigenvalue weighted by atomic mass is 10.2. The Kier molecular flexibility index (Phi) is 6.22. The van der Waals surface area contributed by atoms with Crippen LogP contribution in [0.15, 0.2) is 24.3 Å². The second kappa shape index (κ2) is 7.71. The Morgan fingerprint density at radius 2 is 2.06 bits per heavy atom. The number of hydrogen-bond acceptors (Lipinski definition) is 4. The van der Waals surface area contributed by atoms with Gasteiger partial charge in [-0.1, -0.05) is 18.2 Å². The van der Waals surface area contributed by atoms with E-state index in [1.807, 2.05) is 38.2 Å². The van der Waals surface area contributed by atoms with Gasteiger partial charge < -0.3 is 14.4 Å². The van der Waals surface area contributed by atoms with E-state index < -0.39 is 0 Å². The molecule has 0 saturated heterocycles. The van der Waals surface area contributed by atoms with Crippen LogP contribution in [0.5, 0.6) is 5.75 Å². The van der Waals surface area contributed by atoms with Crippen LogP contribution in [-0.4, -0.2) is 38.2 Å². The van der Waals surface area contributed by atoms with E-state index in [1.54, 1.807) is 0 Å². The molecule has 4 nitrogen and oxygen atoms in total. The molecule has 0 unspecified atom stereocenters. The molecule has 1 rings (SSSR count). The molecule has 0 aliphatic carbocycles. The molecular formula is C14H21NO3. The lowest BCUT2D eigenvalue weighted by molar-refractivity contribution is -0.140. The minimum atomic E-state index is -0.181. The van der Waals surface area contributed by atoms with Gasteiger partial charge in [-0.3, -0.25) is 4.79 Å². The quantitative estimate of drug-likeness (QED) is 0.695. The zero-order valence-electron chi connectivity index (χ0n) is 11.3. The number of methoxy groups -OCH3 is 1. The van der Waals surface area contributed by atoms with E-state index in [2.05, 4.69) is 9.64 Å². The molecule has 0 aromatic heterocycles. The highest BCUT2D eigenvalue weighted by Gasteiger charge is 2.08. The van der Waals surface area contributed by atoms with Gasteiger partial charge >= 0.3 is 5.97 Å². The van der Waals surface area contributed by atoms with Gasteiger partial charge in [0.05, 0.1) is 20.1 Å². The Labute approximate surface area is 108 Å². The maximum Gasteiger partial charge on any atom is 0.306 e. The number of carbonyl (C=O) groups is 1. The van der Waals surface area contributed by atoms with Crippen molar-refractivity contribution in [3.63, 3.8) is 0 Å². The predicted molar refractivity (Wildman–Crippen MR) is 70.6 cm³/mol.